The standard InChI is InChI=1S/C10H16FN3O4S2/c1-7-5-8(11)9(12)6-10(7)20(17,18)14-4-3-13-19(2,15)16/h5-6,13-14H,3-4,12H2,1-2H3. The molecule has 0 saturated heterocycles. The van der Waals surface area contributed by atoms with Crippen LogP contribution in [0.4, 0.5) is 10.1 Å². The Hall–Kier alpha value is -1.23. The zero-order valence-electron chi connectivity index (χ0n) is 11.0. The lowest BCUT2D eigenvalue weighted by Crippen LogP contribution is -2.34. The summed E-state index contributed by atoms with van der Waals surface area (Å²) in [6.45, 7) is 1.21. The first-order valence-corrected chi connectivity index (χ1v) is 8.90. The van der Waals surface area contributed by atoms with Gasteiger partial charge >= 0.3 is 0 Å². The molecule has 0 heterocycles. The third kappa shape index (κ3) is 4.71. The summed E-state index contributed by atoms with van der Waals surface area (Å²) in [6.07, 6.45) is 0.965. The normalized spacial score (nSPS) is 12.6. The van der Waals surface area contributed by atoms with Gasteiger partial charge in [-0.2, -0.15) is 0 Å². The van der Waals surface area contributed by atoms with Gasteiger partial charge in [-0.05, 0) is 24.6 Å². The molecule has 0 aliphatic heterocycles. The van der Waals surface area contributed by atoms with Crippen molar-refractivity contribution in [2.45, 2.75) is 11.8 Å². The molecule has 0 aromatic heterocycles. The van der Waals surface area contributed by atoms with E-state index >= 15 is 0 Å². The molecule has 0 aliphatic rings. The first kappa shape index (κ1) is 16.8. The number of nitrogens with one attached hydrogen (secondary N) is 2. The van der Waals surface area contributed by atoms with E-state index in [9.17, 15) is 21.2 Å². The molecule has 0 bridgehead atoms. The van der Waals surface area contributed by atoms with E-state index in [1.165, 1.54) is 6.92 Å². The van der Waals surface area contributed by atoms with Crippen LogP contribution in [0, 0.1) is 12.7 Å². The van der Waals surface area contributed by atoms with E-state index < -0.39 is 25.9 Å². The number of hydrogen-bond donors (Lipinski definition) is 3. The van der Waals surface area contributed by atoms with Crippen LogP contribution >= 0.6 is 0 Å². The van der Waals surface area contributed by atoms with Crippen LogP contribution in [0.3, 0.4) is 0 Å². The Balaban J connectivity index is 2.82. The lowest BCUT2D eigenvalue weighted by Gasteiger charge is -2.10. The highest BCUT2D eigenvalue weighted by atomic mass is 32.2. The molecule has 1 rings (SSSR count). The largest absolute Gasteiger partial charge is 0.396 e. The molecular formula is C10H16FN3O4S2. The Morgan fingerprint density at radius 2 is 1.70 bits per heavy atom. The Morgan fingerprint density at radius 3 is 2.25 bits per heavy atom. The van der Waals surface area contributed by atoms with Crippen molar-refractivity contribution in [2.75, 3.05) is 25.1 Å². The van der Waals surface area contributed by atoms with Crippen molar-refractivity contribution in [1.82, 2.24) is 9.44 Å². The molecule has 1 aromatic rings. The van der Waals surface area contributed by atoms with Crippen LogP contribution in [-0.4, -0.2) is 36.2 Å². The van der Waals surface area contributed by atoms with Crippen LogP contribution in [0.1, 0.15) is 5.56 Å². The van der Waals surface area contributed by atoms with Gasteiger partial charge in [0.05, 0.1) is 16.8 Å². The van der Waals surface area contributed by atoms with E-state index in [-0.39, 0.29) is 29.2 Å². The van der Waals surface area contributed by atoms with Crippen molar-refractivity contribution < 1.29 is 21.2 Å². The number of nitrogens with two attached hydrogens (primary N) is 1. The predicted molar refractivity (Wildman–Crippen MR) is 73.6 cm³/mol. The lowest BCUT2D eigenvalue weighted by atomic mass is 10.2. The highest BCUT2D eigenvalue weighted by Crippen LogP contribution is 2.21. The molecule has 114 valence electrons. The number of sulfonamides is 2. The first-order valence-electron chi connectivity index (χ1n) is 5.53. The van der Waals surface area contributed by atoms with Crippen LogP contribution in [-0.2, 0) is 20.0 Å². The Labute approximate surface area is 117 Å². The second-order valence-corrected chi connectivity index (χ2v) is 7.77. The fraction of sp³-hybridized carbons (Fsp3) is 0.400. The molecule has 0 atom stereocenters. The molecule has 4 N–H and O–H groups in total. The number of aryl methyl sites for hydroxylation is 1. The molecule has 1 aromatic carbocycles. The summed E-state index contributed by atoms with van der Waals surface area (Å²) < 4.78 is 63.1. The van der Waals surface area contributed by atoms with E-state index in [4.69, 9.17) is 5.73 Å². The highest BCUT2D eigenvalue weighted by molar-refractivity contribution is 7.89. The van der Waals surface area contributed by atoms with Crippen molar-refractivity contribution in [2.24, 2.45) is 0 Å². The van der Waals surface area contributed by atoms with E-state index in [1.807, 2.05) is 0 Å². The SMILES string of the molecule is Cc1cc(F)c(N)cc1S(=O)(=O)NCCNS(C)(=O)=O. The van der Waals surface area contributed by atoms with Crippen molar-refractivity contribution in [1.29, 1.82) is 0 Å². The monoisotopic (exact) mass is 325 g/mol. The molecule has 10 heteroatoms. The van der Waals surface area contributed by atoms with Gasteiger partial charge in [-0.15, -0.1) is 0 Å². The van der Waals surface area contributed by atoms with Crippen LogP contribution in [0.15, 0.2) is 17.0 Å². The van der Waals surface area contributed by atoms with E-state index in [0.29, 0.717) is 0 Å². The summed E-state index contributed by atoms with van der Waals surface area (Å²) in [4.78, 5) is -0.143. The van der Waals surface area contributed by atoms with Crippen molar-refractivity contribution in [3.63, 3.8) is 0 Å². The Kier molecular flexibility index (Phi) is 5.08. The molecule has 20 heavy (non-hydrogen) atoms. The fourth-order valence-electron chi connectivity index (χ4n) is 1.46. The molecular weight excluding hydrogens is 309 g/mol. The second kappa shape index (κ2) is 6.04. The summed E-state index contributed by atoms with van der Waals surface area (Å²) in [5, 5.41) is 0. The van der Waals surface area contributed by atoms with Crippen molar-refractivity contribution in [3.05, 3.63) is 23.5 Å². The number of hydrogen-bond acceptors (Lipinski definition) is 5. The molecule has 0 saturated carbocycles. The second-order valence-electron chi connectivity index (χ2n) is 4.20. The van der Waals surface area contributed by atoms with Crippen LogP contribution in [0.25, 0.3) is 0 Å². The molecule has 0 spiro atoms. The van der Waals surface area contributed by atoms with Gasteiger partial charge in [-0.25, -0.2) is 30.7 Å². The maximum atomic E-state index is 13.2. The fourth-order valence-corrected chi connectivity index (χ4v) is 3.22. The van der Waals surface area contributed by atoms with E-state index in [2.05, 4.69) is 9.44 Å². The number of rotatable bonds is 6. The molecule has 7 nitrogen and oxygen atoms in total. The minimum absolute atomic E-state index is 0.0895. The smallest absolute Gasteiger partial charge is 0.240 e. The quantitative estimate of drug-likeness (QED) is 0.483. The van der Waals surface area contributed by atoms with Crippen LogP contribution in [0.2, 0.25) is 0 Å². The highest BCUT2D eigenvalue weighted by Gasteiger charge is 2.18. The average Bonchev–Trinajstić information content (AvgIpc) is 2.28. The topological polar surface area (TPSA) is 118 Å². The van der Waals surface area contributed by atoms with Gasteiger partial charge < -0.3 is 5.73 Å². The summed E-state index contributed by atoms with van der Waals surface area (Å²) in [5.74, 6) is -0.694. The third-order valence-corrected chi connectivity index (χ3v) is 4.70. The summed E-state index contributed by atoms with van der Waals surface area (Å²) in [7, 11) is -7.26. The average molecular weight is 325 g/mol. The molecule has 0 unspecified atom stereocenters. The van der Waals surface area contributed by atoms with Gasteiger partial charge in [0.2, 0.25) is 20.0 Å². The van der Waals surface area contributed by atoms with E-state index in [1.54, 1.807) is 0 Å². The summed E-state index contributed by atoms with van der Waals surface area (Å²) >= 11 is 0. The van der Waals surface area contributed by atoms with Gasteiger partial charge in [-0.1, -0.05) is 0 Å². The third-order valence-electron chi connectivity index (χ3n) is 2.37. The molecule has 0 fully saturated rings. The Bertz CT molecular complexity index is 701. The zero-order valence-corrected chi connectivity index (χ0v) is 12.6. The first-order chi connectivity index (χ1) is 9.03. The number of benzene rings is 1. The number of nitrogen functional groups attached to an aromatic ring is 1. The maximum absolute atomic E-state index is 13.2. The zero-order chi connectivity index (χ0) is 15.6. The molecule has 0 amide bonds. The molecule has 0 aliphatic carbocycles. The number of anilines is 1. The summed E-state index contributed by atoms with van der Waals surface area (Å²) in [5.41, 5.74) is 5.27. The molecule has 0 radical (unpaired) electrons. The van der Waals surface area contributed by atoms with Gasteiger partial charge in [0.15, 0.2) is 0 Å². The maximum Gasteiger partial charge on any atom is 0.240 e. The minimum atomic E-state index is -3.88. The van der Waals surface area contributed by atoms with Gasteiger partial charge in [0.25, 0.3) is 0 Å². The number of halogens is 1. The van der Waals surface area contributed by atoms with Crippen LogP contribution in [0.5, 0.6) is 0 Å². The van der Waals surface area contributed by atoms with Crippen LogP contribution < -0.4 is 15.2 Å². The van der Waals surface area contributed by atoms with Gasteiger partial charge in [0, 0.05) is 13.1 Å². The predicted octanol–water partition coefficient (Wildman–Crippen LogP) is -0.456. The summed E-state index contributed by atoms with van der Waals surface area (Å²) in [6, 6.07) is 2.05. The lowest BCUT2D eigenvalue weighted by molar-refractivity contribution is 0.572. The van der Waals surface area contributed by atoms with Gasteiger partial charge in [0.1, 0.15) is 5.82 Å². The van der Waals surface area contributed by atoms with E-state index in [0.717, 1.165) is 18.4 Å². The van der Waals surface area contributed by atoms with Crippen molar-refractivity contribution >= 4 is 25.7 Å². The van der Waals surface area contributed by atoms with Crippen molar-refractivity contribution in [3.8, 4) is 0 Å². The van der Waals surface area contributed by atoms with Gasteiger partial charge in [-0.3, -0.25) is 0 Å². The Morgan fingerprint density at radius 1 is 1.15 bits per heavy atom. The minimum Gasteiger partial charge on any atom is -0.396 e.